The van der Waals surface area contributed by atoms with Crippen molar-refractivity contribution in [1.82, 2.24) is 5.32 Å². The largest absolute Gasteiger partial charge is 0.508 e. The minimum atomic E-state index is 0.223. The number of hydrogen-bond donors (Lipinski definition) is 2. The molecular formula is C16H23NO2. The van der Waals surface area contributed by atoms with E-state index in [0.29, 0.717) is 18.4 Å². The Morgan fingerprint density at radius 2 is 2.00 bits per heavy atom. The topological polar surface area (TPSA) is 41.5 Å². The van der Waals surface area contributed by atoms with Gasteiger partial charge in [0.15, 0.2) is 0 Å². The van der Waals surface area contributed by atoms with Crippen molar-refractivity contribution in [3.05, 3.63) is 29.8 Å². The van der Waals surface area contributed by atoms with Gasteiger partial charge in [-0.3, -0.25) is 0 Å². The summed E-state index contributed by atoms with van der Waals surface area (Å²) in [6, 6.07) is 7.49. The highest BCUT2D eigenvalue weighted by Gasteiger charge is 2.41. The van der Waals surface area contributed by atoms with Gasteiger partial charge in [-0.2, -0.15) is 0 Å². The summed E-state index contributed by atoms with van der Waals surface area (Å²) < 4.78 is 6.25. The van der Waals surface area contributed by atoms with E-state index in [2.05, 4.69) is 5.32 Å². The molecule has 3 heteroatoms. The molecule has 3 nitrogen and oxygen atoms in total. The Kier molecular flexibility index (Phi) is 3.76. The van der Waals surface area contributed by atoms with Crippen LogP contribution in [-0.4, -0.2) is 23.4 Å². The van der Waals surface area contributed by atoms with E-state index in [1.165, 1.54) is 38.5 Å². The number of rotatable bonds is 4. The monoisotopic (exact) mass is 261 g/mol. The van der Waals surface area contributed by atoms with Gasteiger partial charge in [0.1, 0.15) is 5.75 Å². The van der Waals surface area contributed by atoms with Gasteiger partial charge in [0.25, 0.3) is 0 Å². The lowest BCUT2D eigenvalue weighted by Gasteiger charge is -2.24. The molecule has 1 aliphatic carbocycles. The standard InChI is InChI=1S/C16H23NO2/c18-15-6-2-1-5-13(15)11-17-12-14-7-10-16(19-14)8-3-4-9-16/h1-2,5-6,14,17-18H,3-4,7-12H2. The summed E-state index contributed by atoms with van der Waals surface area (Å²) >= 11 is 0. The molecule has 1 unspecified atom stereocenters. The number of benzene rings is 1. The molecule has 1 spiro atoms. The highest BCUT2D eigenvalue weighted by molar-refractivity contribution is 5.31. The van der Waals surface area contributed by atoms with Gasteiger partial charge in [0.05, 0.1) is 11.7 Å². The van der Waals surface area contributed by atoms with Crippen molar-refractivity contribution in [3.63, 3.8) is 0 Å². The predicted molar refractivity (Wildman–Crippen MR) is 75.1 cm³/mol. The first kappa shape index (κ1) is 12.9. The van der Waals surface area contributed by atoms with E-state index in [4.69, 9.17) is 4.74 Å². The second-order valence-corrected chi connectivity index (χ2v) is 5.93. The highest BCUT2D eigenvalue weighted by Crippen LogP contribution is 2.43. The van der Waals surface area contributed by atoms with Crippen LogP contribution in [0.1, 0.15) is 44.1 Å². The van der Waals surface area contributed by atoms with Crippen LogP contribution in [0.3, 0.4) is 0 Å². The van der Waals surface area contributed by atoms with Crippen molar-refractivity contribution in [2.45, 2.75) is 56.8 Å². The number of ether oxygens (including phenoxy) is 1. The zero-order chi connectivity index (χ0) is 13.1. The minimum absolute atomic E-state index is 0.223. The lowest BCUT2D eigenvalue weighted by atomic mass is 9.98. The molecule has 2 fully saturated rings. The maximum Gasteiger partial charge on any atom is 0.120 e. The molecule has 0 aromatic heterocycles. The van der Waals surface area contributed by atoms with Crippen molar-refractivity contribution >= 4 is 0 Å². The molecule has 1 saturated carbocycles. The molecule has 3 rings (SSSR count). The van der Waals surface area contributed by atoms with Gasteiger partial charge in [-0.15, -0.1) is 0 Å². The average Bonchev–Trinajstić information content (AvgIpc) is 3.03. The van der Waals surface area contributed by atoms with Gasteiger partial charge < -0.3 is 15.2 Å². The quantitative estimate of drug-likeness (QED) is 0.875. The van der Waals surface area contributed by atoms with E-state index in [-0.39, 0.29) is 5.60 Å². The van der Waals surface area contributed by atoms with Crippen molar-refractivity contribution in [2.75, 3.05) is 6.54 Å². The van der Waals surface area contributed by atoms with Crippen LogP contribution in [0.5, 0.6) is 5.75 Å². The minimum Gasteiger partial charge on any atom is -0.508 e. The summed E-state index contributed by atoms with van der Waals surface area (Å²) in [5.74, 6) is 0.370. The smallest absolute Gasteiger partial charge is 0.120 e. The van der Waals surface area contributed by atoms with Gasteiger partial charge in [0, 0.05) is 18.7 Å². The van der Waals surface area contributed by atoms with Crippen LogP contribution in [0.15, 0.2) is 24.3 Å². The Bertz CT molecular complexity index is 427. The average molecular weight is 261 g/mol. The van der Waals surface area contributed by atoms with Crippen LogP contribution in [0, 0.1) is 0 Å². The SMILES string of the molecule is Oc1ccccc1CNCC1CCC2(CCCC2)O1. The number of nitrogens with one attached hydrogen (secondary N) is 1. The molecule has 2 N–H and O–H groups in total. The molecule has 1 aliphatic heterocycles. The number of aromatic hydroxyl groups is 1. The van der Waals surface area contributed by atoms with Crippen molar-refractivity contribution in [1.29, 1.82) is 0 Å². The summed E-state index contributed by atoms with van der Waals surface area (Å²) in [6.45, 7) is 1.59. The fourth-order valence-corrected chi connectivity index (χ4v) is 3.45. The van der Waals surface area contributed by atoms with Gasteiger partial charge in [0.2, 0.25) is 0 Å². The molecule has 1 atom stereocenters. The Balaban J connectivity index is 1.45. The summed E-state index contributed by atoms with van der Waals surface area (Å²) in [6.07, 6.45) is 7.93. The van der Waals surface area contributed by atoms with E-state index >= 15 is 0 Å². The Hall–Kier alpha value is -1.06. The van der Waals surface area contributed by atoms with Crippen LogP contribution < -0.4 is 5.32 Å². The summed E-state index contributed by atoms with van der Waals surface area (Å²) in [7, 11) is 0. The summed E-state index contributed by atoms with van der Waals surface area (Å²) in [4.78, 5) is 0. The molecule has 0 amide bonds. The van der Waals surface area contributed by atoms with E-state index in [1.807, 2.05) is 18.2 Å². The lowest BCUT2D eigenvalue weighted by molar-refractivity contribution is -0.0351. The van der Waals surface area contributed by atoms with Crippen LogP contribution in [0.4, 0.5) is 0 Å². The molecule has 2 aliphatic rings. The maximum absolute atomic E-state index is 9.70. The van der Waals surface area contributed by atoms with Crippen LogP contribution in [0.25, 0.3) is 0 Å². The molecule has 0 radical (unpaired) electrons. The third kappa shape index (κ3) is 2.93. The number of para-hydroxylation sites is 1. The molecule has 19 heavy (non-hydrogen) atoms. The Labute approximate surface area is 115 Å². The van der Waals surface area contributed by atoms with E-state index < -0.39 is 0 Å². The maximum atomic E-state index is 9.70. The third-order valence-corrected chi connectivity index (χ3v) is 4.53. The van der Waals surface area contributed by atoms with Crippen LogP contribution >= 0.6 is 0 Å². The second-order valence-electron chi connectivity index (χ2n) is 5.93. The predicted octanol–water partition coefficient (Wildman–Crippen LogP) is 2.97. The number of phenolic OH excluding ortho intramolecular Hbond substituents is 1. The first-order valence-electron chi connectivity index (χ1n) is 7.43. The first-order valence-corrected chi connectivity index (χ1v) is 7.43. The van der Waals surface area contributed by atoms with Gasteiger partial charge in [-0.25, -0.2) is 0 Å². The molecule has 1 aromatic rings. The number of phenols is 1. The third-order valence-electron chi connectivity index (χ3n) is 4.53. The van der Waals surface area contributed by atoms with Crippen molar-refractivity contribution in [3.8, 4) is 5.75 Å². The van der Waals surface area contributed by atoms with E-state index in [9.17, 15) is 5.11 Å². The van der Waals surface area contributed by atoms with E-state index in [1.54, 1.807) is 6.07 Å². The molecule has 1 aromatic carbocycles. The zero-order valence-corrected chi connectivity index (χ0v) is 11.4. The lowest BCUT2D eigenvalue weighted by Crippen LogP contribution is -2.30. The van der Waals surface area contributed by atoms with Crippen molar-refractivity contribution in [2.24, 2.45) is 0 Å². The molecule has 104 valence electrons. The van der Waals surface area contributed by atoms with Crippen molar-refractivity contribution < 1.29 is 9.84 Å². The van der Waals surface area contributed by atoms with E-state index in [0.717, 1.165) is 12.1 Å². The molecule has 0 bridgehead atoms. The Morgan fingerprint density at radius 3 is 2.79 bits per heavy atom. The summed E-state index contributed by atoms with van der Waals surface area (Å²) in [5, 5.41) is 13.1. The van der Waals surface area contributed by atoms with Crippen LogP contribution in [-0.2, 0) is 11.3 Å². The molecular weight excluding hydrogens is 238 g/mol. The first-order chi connectivity index (χ1) is 9.27. The number of hydrogen-bond acceptors (Lipinski definition) is 3. The van der Waals surface area contributed by atoms with Gasteiger partial charge in [-0.1, -0.05) is 31.0 Å². The van der Waals surface area contributed by atoms with Gasteiger partial charge >= 0.3 is 0 Å². The Morgan fingerprint density at radius 1 is 1.21 bits per heavy atom. The fraction of sp³-hybridized carbons (Fsp3) is 0.625. The fourth-order valence-electron chi connectivity index (χ4n) is 3.45. The zero-order valence-electron chi connectivity index (χ0n) is 11.4. The normalized spacial score (nSPS) is 25.2. The highest BCUT2D eigenvalue weighted by atomic mass is 16.5. The molecule has 1 heterocycles. The summed E-state index contributed by atoms with van der Waals surface area (Å²) in [5.41, 5.74) is 1.18. The second kappa shape index (κ2) is 5.51. The van der Waals surface area contributed by atoms with Crippen LogP contribution in [0.2, 0.25) is 0 Å². The molecule has 1 saturated heterocycles. The van der Waals surface area contributed by atoms with Gasteiger partial charge in [-0.05, 0) is 31.7 Å².